The molecule has 0 saturated carbocycles. The first-order valence-corrected chi connectivity index (χ1v) is 8.55. The highest BCUT2D eigenvalue weighted by molar-refractivity contribution is 5.91. The van der Waals surface area contributed by atoms with Gasteiger partial charge in [0.05, 0.1) is 0 Å². The van der Waals surface area contributed by atoms with Gasteiger partial charge >= 0.3 is 0 Å². The zero-order valence-electron chi connectivity index (χ0n) is 14.1. The Bertz CT molecular complexity index is 733. The number of carbonyl (C=O) groups is 1. The minimum atomic E-state index is -0.173. The molecule has 0 radical (unpaired) electrons. The molecule has 1 N–H and O–H groups in total. The molecule has 2 heterocycles. The Morgan fingerprint density at radius 2 is 2.20 bits per heavy atom. The van der Waals surface area contributed by atoms with E-state index in [0.717, 1.165) is 31.5 Å². The zero-order valence-corrected chi connectivity index (χ0v) is 14.1. The Balaban J connectivity index is 1.52. The summed E-state index contributed by atoms with van der Waals surface area (Å²) in [5.74, 6) is -0.283. The van der Waals surface area contributed by atoms with Crippen molar-refractivity contribution in [3.8, 4) is 0 Å². The lowest BCUT2D eigenvalue weighted by Gasteiger charge is -2.33. The van der Waals surface area contributed by atoms with E-state index in [1.54, 1.807) is 24.5 Å². The molecule has 4 nitrogen and oxygen atoms in total. The standard InChI is InChI=1S/C20H22FN3O/c21-19-8-2-1-6-17(19)14-24-12-4-7-18(15-24)23-20(25)10-9-16-5-3-11-22-13-16/h1-3,5-6,8-11,13,18H,4,7,12,14-15H2,(H,23,25)/b10-9+. The Hall–Kier alpha value is -2.53. The quantitative estimate of drug-likeness (QED) is 0.852. The molecule has 1 aliphatic heterocycles. The van der Waals surface area contributed by atoms with Gasteiger partial charge in [-0.05, 0) is 43.2 Å². The molecule has 0 bridgehead atoms. The number of likely N-dealkylation sites (tertiary alicyclic amines) is 1. The molecular weight excluding hydrogens is 317 g/mol. The first-order chi connectivity index (χ1) is 12.2. The summed E-state index contributed by atoms with van der Waals surface area (Å²) in [6.07, 6.45) is 8.63. The third-order valence-corrected chi connectivity index (χ3v) is 4.32. The summed E-state index contributed by atoms with van der Waals surface area (Å²) < 4.78 is 13.8. The Morgan fingerprint density at radius 1 is 1.32 bits per heavy atom. The Kier molecular flexibility index (Phi) is 5.90. The molecule has 3 rings (SSSR count). The number of pyridine rings is 1. The van der Waals surface area contributed by atoms with Gasteiger partial charge in [0, 0.05) is 43.2 Å². The van der Waals surface area contributed by atoms with E-state index in [2.05, 4.69) is 15.2 Å². The first kappa shape index (κ1) is 17.3. The summed E-state index contributed by atoms with van der Waals surface area (Å²) in [4.78, 5) is 18.3. The number of piperidine rings is 1. The van der Waals surface area contributed by atoms with Crippen LogP contribution < -0.4 is 5.32 Å². The van der Waals surface area contributed by atoms with Gasteiger partial charge in [-0.3, -0.25) is 14.7 Å². The highest BCUT2D eigenvalue weighted by Gasteiger charge is 2.21. The van der Waals surface area contributed by atoms with Crippen molar-refractivity contribution in [2.24, 2.45) is 0 Å². The van der Waals surface area contributed by atoms with Crippen LogP contribution in [0.15, 0.2) is 54.9 Å². The maximum atomic E-state index is 13.8. The molecule has 2 aromatic rings. The lowest BCUT2D eigenvalue weighted by Crippen LogP contribution is -2.47. The number of rotatable bonds is 5. The second-order valence-electron chi connectivity index (χ2n) is 6.29. The van der Waals surface area contributed by atoms with Gasteiger partial charge < -0.3 is 5.32 Å². The van der Waals surface area contributed by atoms with Crippen LogP contribution in [-0.4, -0.2) is 34.9 Å². The maximum Gasteiger partial charge on any atom is 0.244 e. The molecular formula is C20H22FN3O. The van der Waals surface area contributed by atoms with Crippen LogP contribution in [0.5, 0.6) is 0 Å². The van der Waals surface area contributed by atoms with E-state index in [9.17, 15) is 9.18 Å². The van der Waals surface area contributed by atoms with Crippen molar-refractivity contribution in [2.75, 3.05) is 13.1 Å². The number of hydrogen-bond donors (Lipinski definition) is 1. The van der Waals surface area contributed by atoms with Crippen molar-refractivity contribution in [1.29, 1.82) is 0 Å². The van der Waals surface area contributed by atoms with E-state index < -0.39 is 0 Å². The van der Waals surface area contributed by atoms with Crippen LogP contribution in [0, 0.1) is 5.82 Å². The van der Waals surface area contributed by atoms with E-state index in [1.165, 1.54) is 12.1 Å². The molecule has 1 aromatic heterocycles. The van der Waals surface area contributed by atoms with Gasteiger partial charge in [-0.15, -0.1) is 0 Å². The maximum absolute atomic E-state index is 13.8. The molecule has 25 heavy (non-hydrogen) atoms. The summed E-state index contributed by atoms with van der Waals surface area (Å²) in [7, 11) is 0. The molecule has 130 valence electrons. The minimum Gasteiger partial charge on any atom is -0.349 e. The summed E-state index contributed by atoms with van der Waals surface area (Å²) in [6, 6.07) is 10.7. The van der Waals surface area contributed by atoms with Crippen LogP contribution in [0.25, 0.3) is 6.08 Å². The molecule has 0 aliphatic carbocycles. The largest absolute Gasteiger partial charge is 0.349 e. The lowest BCUT2D eigenvalue weighted by atomic mass is 10.0. The van der Waals surface area contributed by atoms with Gasteiger partial charge in [0.1, 0.15) is 5.82 Å². The number of aromatic nitrogens is 1. The van der Waals surface area contributed by atoms with Crippen LogP contribution in [0.3, 0.4) is 0 Å². The third-order valence-electron chi connectivity index (χ3n) is 4.32. The molecule has 1 unspecified atom stereocenters. The number of halogens is 1. The number of amides is 1. The number of nitrogens with zero attached hydrogens (tertiary/aromatic N) is 2. The van der Waals surface area contributed by atoms with Crippen molar-refractivity contribution in [3.05, 3.63) is 71.8 Å². The molecule has 1 aliphatic rings. The normalized spacial score (nSPS) is 18.4. The molecule has 1 aromatic carbocycles. The fraction of sp³-hybridized carbons (Fsp3) is 0.300. The Morgan fingerprint density at radius 3 is 3.00 bits per heavy atom. The third kappa shape index (κ3) is 5.22. The SMILES string of the molecule is O=C(/C=C/c1cccnc1)NC1CCCN(Cc2ccccc2F)C1. The zero-order chi connectivity index (χ0) is 17.5. The van der Waals surface area contributed by atoms with E-state index in [1.807, 2.05) is 24.3 Å². The van der Waals surface area contributed by atoms with Crippen LogP contribution in [0.1, 0.15) is 24.0 Å². The Labute approximate surface area is 147 Å². The van der Waals surface area contributed by atoms with E-state index >= 15 is 0 Å². The summed E-state index contributed by atoms with van der Waals surface area (Å²) in [5.41, 5.74) is 1.59. The summed E-state index contributed by atoms with van der Waals surface area (Å²) in [5, 5.41) is 3.04. The molecule has 5 heteroatoms. The highest BCUT2D eigenvalue weighted by atomic mass is 19.1. The number of benzene rings is 1. The van der Waals surface area contributed by atoms with E-state index in [0.29, 0.717) is 12.1 Å². The van der Waals surface area contributed by atoms with Crippen molar-refractivity contribution in [3.63, 3.8) is 0 Å². The van der Waals surface area contributed by atoms with Gasteiger partial charge in [0.2, 0.25) is 5.91 Å². The van der Waals surface area contributed by atoms with Crippen molar-refractivity contribution >= 4 is 12.0 Å². The van der Waals surface area contributed by atoms with Gasteiger partial charge in [-0.1, -0.05) is 24.3 Å². The molecule has 1 saturated heterocycles. The van der Waals surface area contributed by atoms with Crippen molar-refractivity contribution in [1.82, 2.24) is 15.2 Å². The van der Waals surface area contributed by atoms with Crippen LogP contribution in [0.2, 0.25) is 0 Å². The summed E-state index contributed by atoms with van der Waals surface area (Å²) in [6.45, 7) is 2.23. The molecule has 1 amide bonds. The fourth-order valence-electron chi connectivity index (χ4n) is 3.08. The lowest BCUT2D eigenvalue weighted by molar-refractivity contribution is -0.117. The van der Waals surface area contributed by atoms with E-state index in [-0.39, 0.29) is 17.8 Å². The van der Waals surface area contributed by atoms with Crippen LogP contribution in [-0.2, 0) is 11.3 Å². The number of hydrogen-bond acceptors (Lipinski definition) is 3. The van der Waals surface area contributed by atoms with Crippen LogP contribution in [0.4, 0.5) is 4.39 Å². The number of nitrogens with one attached hydrogen (secondary N) is 1. The van der Waals surface area contributed by atoms with Crippen molar-refractivity contribution in [2.45, 2.75) is 25.4 Å². The topological polar surface area (TPSA) is 45.2 Å². The molecule has 0 spiro atoms. The average molecular weight is 339 g/mol. The number of carbonyl (C=O) groups excluding carboxylic acids is 1. The van der Waals surface area contributed by atoms with Crippen molar-refractivity contribution < 1.29 is 9.18 Å². The minimum absolute atomic E-state index is 0.0894. The second-order valence-corrected chi connectivity index (χ2v) is 6.29. The molecule has 1 fully saturated rings. The van der Waals surface area contributed by atoms with Crippen LogP contribution >= 0.6 is 0 Å². The van der Waals surface area contributed by atoms with Gasteiger partial charge in [-0.25, -0.2) is 4.39 Å². The predicted molar refractivity (Wildman–Crippen MR) is 96.1 cm³/mol. The van der Waals surface area contributed by atoms with Gasteiger partial charge in [-0.2, -0.15) is 0 Å². The highest BCUT2D eigenvalue weighted by Crippen LogP contribution is 2.15. The van der Waals surface area contributed by atoms with E-state index in [4.69, 9.17) is 0 Å². The van der Waals surface area contributed by atoms with Gasteiger partial charge in [0.25, 0.3) is 0 Å². The summed E-state index contributed by atoms with van der Waals surface area (Å²) >= 11 is 0. The fourth-order valence-corrected chi connectivity index (χ4v) is 3.08. The van der Waals surface area contributed by atoms with Gasteiger partial charge in [0.15, 0.2) is 0 Å². The second kappa shape index (κ2) is 8.53. The smallest absolute Gasteiger partial charge is 0.244 e. The first-order valence-electron chi connectivity index (χ1n) is 8.55. The predicted octanol–water partition coefficient (Wildman–Crippen LogP) is 3.01. The molecule has 1 atom stereocenters. The average Bonchev–Trinajstić information content (AvgIpc) is 2.63. The monoisotopic (exact) mass is 339 g/mol.